The predicted octanol–water partition coefficient (Wildman–Crippen LogP) is 0.445. The molecular weight excluding hydrogens is 284 g/mol. The van der Waals surface area contributed by atoms with E-state index < -0.39 is 12.1 Å². The first-order valence-corrected chi connectivity index (χ1v) is 7.81. The molecule has 1 saturated carbocycles. The molecule has 8 heteroatoms. The van der Waals surface area contributed by atoms with Gasteiger partial charge in [0, 0.05) is 18.4 Å². The van der Waals surface area contributed by atoms with Gasteiger partial charge in [-0.3, -0.25) is 20.1 Å². The summed E-state index contributed by atoms with van der Waals surface area (Å²) in [4.78, 5) is 29.4. The van der Waals surface area contributed by atoms with E-state index >= 15 is 0 Å². The molecule has 2 unspecified atom stereocenters. The van der Waals surface area contributed by atoms with E-state index in [1.165, 1.54) is 12.8 Å². The number of primary amides is 1. The lowest BCUT2D eigenvalue weighted by atomic mass is 9.96. The Balaban J connectivity index is 1.62. The summed E-state index contributed by atoms with van der Waals surface area (Å²) in [7, 11) is 0. The van der Waals surface area contributed by atoms with Crippen molar-refractivity contribution in [2.24, 2.45) is 5.73 Å². The van der Waals surface area contributed by atoms with Crippen molar-refractivity contribution in [3.8, 4) is 0 Å². The summed E-state index contributed by atoms with van der Waals surface area (Å²) in [6, 6.07) is -1.20. The number of aromatic amines is 1. The first-order valence-electron chi connectivity index (χ1n) is 7.81. The van der Waals surface area contributed by atoms with Crippen molar-refractivity contribution in [1.82, 2.24) is 25.4 Å². The largest absolute Gasteiger partial charge is 0.351 e. The molecule has 2 heterocycles. The highest BCUT2D eigenvalue weighted by molar-refractivity contribution is 5.96. The van der Waals surface area contributed by atoms with Crippen molar-refractivity contribution < 1.29 is 9.59 Å². The number of carbonyl (C=O) groups is 2. The fourth-order valence-electron chi connectivity index (χ4n) is 2.97. The van der Waals surface area contributed by atoms with Crippen molar-refractivity contribution in [2.75, 3.05) is 13.1 Å². The second-order valence-corrected chi connectivity index (χ2v) is 6.22. The fraction of sp³-hybridized carbons (Fsp3) is 0.714. The zero-order chi connectivity index (χ0) is 15.7. The number of carbonyl (C=O) groups excluding carboxylic acids is 2. The fourth-order valence-corrected chi connectivity index (χ4v) is 2.97. The van der Waals surface area contributed by atoms with E-state index in [1.807, 2.05) is 0 Å². The third kappa shape index (κ3) is 3.27. The summed E-state index contributed by atoms with van der Waals surface area (Å²) in [5.41, 5.74) is 5.00. The number of nitrogens with two attached hydrogens (primary N) is 1. The average molecular weight is 306 g/mol. The van der Waals surface area contributed by atoms with Crippen molar-refractivity contribution in [1.29, 1.82) is 0 Å². The van der Waals surface area contributed by atoms with Crippen LogP contribution in [-0.4, -0.2) is 51.2 Å². The molecule has 2 aliphatic rings. The van der Waals surface area contributed by atoms with E-state index in [0.717, 1.165) is 37.6 Å². The van der Waals surface area contributed by atoms with Crippen LogP contribution in [0.3, 0.4) is 0 Å². The zero-order valence-corrected chi connectivity index (χ0v) is 12.7. The number of nitrogens with zero attached hydrogens (tertiary/aromatic N) is 3. The number of imide groups is 1. The predicted molar refractivity (Wildman–Crippen MR) is 79.1 cm³/mol. The van der Waals surface area contributed by atoms with E-state index in [9.17, 15) is 9.59 Å². The average Bonchev–Trinajstić information content (AvgIpc) is 3.23. The number of likely N-dealkylation sites (tertiary alicyclic amines) is 1. The number of H-pyrrole nitrogens is 1. The molecule has 22 heavy (non-hydrogen) atoms. The van der Waals surface area contributed by atoms with Gasteiger partial charge in [-0.05, 0) is 39.2 Å². The van der Waals surface area contributed by atoms with Crippen LogP contribution >= 0.6 is 0 Å². The summed E-state index contributed by atoms with van der Waals surface area (Å²) >= 11 is 0. The lowest BCUT2D eigenvalue weighted by Crippen LogP contribution is -2.51. The highest BCUT2D eigenvalue weighted by Crippen LogP contribution is 2.38. The van der Waals surface area contributed by atoms with Crippen LogP contribution in [0.15, 0.2) is 0 Å². The molecule has 4 N–H and O–H groups in total. The molecule has 2 fully saturated rings. The maximum Gasteiger partial charge on any atom is 0.318 e. The molecule has 0 spiro atoms. The van der Waals surface area contributed by atoms with Crippen molar-refractivity contribution in [3.05, 3.63) is 11.6 Å². The minimum atomic E-state index is -0.812. The summed E-state index contributed by atoms with van der Waals surface area (Å²) in [5, 5.41) is 9.53. The number of nitrogens with one attached hydrogen (secondary N) is 2. The number of rotatable bonds is 4. The monoisotopic (exact) mass is 306 g/mol. The van der Waals surface area contributed by atoms with Crippen LogP contribution in [0.5, 0.6) is 0 Å². The minimum absolute atomic E-state index is 0.223. The van der Waals surface area contributed by atoms with Crippen LogP contribution in [0.2, 0.25) is 0 Å². The summed E-state index contributed by atoms with van der Waals surface area (Å²) in [6.45, 7) is 3.33. The molecule has 1 aromatic heterocycles. The van der Waals surface area contributed by atoms with Crippen molar-refractivity contribution in [3.63, 3.8) is 0 Å². The Hall–Kier alpha value is -1.96. The first-order chi connectivity index (χ1) is 10.5. The smallest absolute Gasteiger partial charge is 0.318 e. The zero-order valence-electron chi connectivity index (χ0n) is 12.7. The van der Waals surface area contributed by atoms with Gasteiger partial charge >= 0.3 is 6.03 Å². The normalized spacial score (nSPS) is 24.0. The molecule has 3 amide bonds. The lowest BCUT2D eigenvalue weighted by molar-refractivity contribution is -0.125. The summed E-state index contributed by atoms with van der Waals surface area (Å²) in [5.74, 6) is 2.25. The Kier molecular flexibility index (Phi) is 4.10. The Morgan fingerprint density at radius 1 is 1.36 bits per heavy atom. The Morgan fingerprint density at radius 3 is 2.82 bits per heavy atom. The highest BCUT2D eigenvalue weighted by atomic mass is 16.2. The Morgan fingerprint density at radius 2 is 2.14 bits per heavy atom. The molecule has 0 radical (unpaired) electrons. The molecule has 1 saturated heterocycles. The second-order valence-electron chi connectivity index (χ2n) is 6.22. The Bertz CT molecular complexity index is 567. The molecule has 1 aliphatic heterocycles. The minimum Gasteiger partial charge on any atom is -0.351 e. The van der Waals surface area contributed by atoms with E-state index in [-0.39, 0.29) is 11.8 Å². The molecule has 2 atom stereocenters. The Labute approximate surface area is 128 Å². The van der Waals surface area contributed by atoms with Crippen LogP contribution < -0.4 is 11.1 Å². The van der Waals surface area contributed by atoms with Gasteiger partial charge in [-0.1, -0.05) is 0 Å². The van der Waals surface area contributed by atoms with Gasteiger partial charge in [0.1, 0.15) is 5.82 Å². The van der Waals surface area contributed by atoms with Gasteiger partial charge in [-0.15, -0.1) is 0 Å². The highest BCUT2D eigenvalue weighted by Gasteiger charge is 2.32. The molecule has 1 aromatic rings. The quantitative estimate of drug-likeness (QED) is 0.746. The second kappa shape index (κ2) is 6.04. The van der Waals surface area contributed by atoms with Gasteiger partial charge in [-0.2, -0.15) is 5.10 Å². The van der Waals surface area contributed by atoms with Crippen LogP contribution in [0, 0.1) is 0 Å². The summed E-state index contributed by atoms with van der Waals surface area (Å²) < 4.78 is 0. The van der Waals surface area contributed by atoms with Crippen LogP contribution in [-0.2, 0) is 4.79 Å². The summed E-state index contributed by atoms with van der Waals surface area (Å²) in [6.07, 6.45) is 4.38. The molecule has 1 aliphatic carbocycles. The number of amides is 3. The molecule has 0 bridgehead atoms. The van der Waals surface area contributed by atoms with Gasteiger partial charge in [0.2, 0.25) is 5.91 Å². The SMILES string of the molecule is CC(C(=O)NC(N)=O)N1CCCC(c2n[nH]c(C3CC3)n2)C1. The number of urea groups is 1. The first kappa shape index (κ1) is 15.0. The van der Waals surface area contributed by atoms with Crippen LogP contribution in [0.4, 0.5) is 4.79 Å². The van der Waals surface area contributed by atoms with Gasteiger partial charge in [-0.25, -0.2) is 9.78 Å². The van der Waals surface area contributed by atoms with E-state index in [2.05, 4.69) is 25.4 Å². The molecular formula is C14H22N6O2. The number of hydrogen-bond acceptors (Lipinski definition) is 5. The van der Waals surface area contributed by atoms with Gasteiger partial charge in [0.15, 0.2) is 5.82 Å². The van der Waals surface area contributed by atoms with Gasteiger partial charge < -0.3 is 5.73 Å². The maximum atomic E-state index is 11.9. The maximum absolute atomic E-state index is 11.9. The van der Waals surface area contributed by atoms with E-state index in [0.29, 0.717) is 5.92 Å². The lowest BCUT2D eigenvalue weighted by Gasteiger charge is -2.34. The number of aromatic nitrogens is 3. The number of piperidine rings is 1. The van der Waals surface area contributed by atoms with Gasteiger partial charge in [0.25, 0.3) is 0 Å². The van der Waals surface area contributed by atoms with Crippen molar-refractivity contribution in [2.45, 2.75) is 50.5 Å². The van der Waals surface area contributed by atoms with Crippen LogP contribution in [0.1, 0.15) is 56.1 Å². The molecule has 0 aromatic carbocycles. The standard InChI is InChI=1S/C14H22N6O2/c1-8(13(21)17-14(15)22)20-6-2-3-10(7-20)12-16-11(18-19-12)9-4-5-9/h8-10H,2-7H2,1H3,(H,16,18,19)(H3,15,17,21,22). The molecule has 120 valence electrons. The third-order valence-electron chi connectivity index (χ3n) is 4.48. The topological polar surface area (TPSA) is 117 Å². The number of hydrogen-bond donors (Lipinski definition) is 3. The molecule has 3 rings (SSSR count). The van der Waals surface area contributed by atoms with E-state index in [4.69, 9.17) is 5.73 Å². The third-order valence-corrected chi connectivity index (χ3v) is 4.48. The van der Waals surface area contributed by atoms with Crippen molar-refractivity contribution >= 4 is 11.9 Å². The molecule has 8 nitrogen and oxygen atoms in total. The van der Waals surface area contributed by atoms with Crippen LogP contribution in [0.25, 0.3) is 0 Å². The van der Waals surface area contributed by atoms with E-state index in [1.54, 1.807) is 6.92 Å². The van der Waals surface area contributed by atoms with Gasteiger partial charge in [0.05, 0.1) is 6.04 Å².